The zero-order valence-electron chi connectivity index (χ0n) is 12.2. The molecule has 0 bridgehead atoms. The molecular weight excluding hydrogens is 284 g/mol. The molecule has 5 heteroatoms. The summed E-state index contributed by atoms with van der Waals surface area (Å²) in [4.78, 5) is 12.3. The molecule has 2 rings (SSSR count). The average Bonchev–Trinajstić information content (AvgIpc) is 2.51. The van der Waals surface area contributed by atoms with Gasteiger partial charge in [-0.2, -0.15) is 0 Å². The molecule has 5 nitrogen and oxygen atoms in total. The fraction of sp³-hybridized carbons (Fsp3) is 0.118. The summed E-state index contributed by atoms with van der Waals surface area (Å²) in [5, 5.41) is 28.9. The Balaban J connectivity index is 2.37. The Morgan fingerprint density at radius 3 is 2.36 bits per heavy atom. The van der Waals surface area contributed by atoms with Crippen LogP contribution >= 0.6 is 0 Å². The summed E-state index contributed by atoms with van der Waals surface area (Å²) in [7, 11) is 1.35. The highest BCUT2D eigenvalue weighted by molar-refractivity contribution is 6.11. The molecule has 2 aromatic rings. The summed E-state index contributed by atoms with van der Waals surface area (Å²) in [5.74, 6) is -0.672. The first kappa shape index (κ1) is 15.4. The lowest BCUT2D eigenvalue weighted by Gasteiger charge is -2.11. The van der Waals surface area contributed by atoms with Gasteiger partial charge in [0.2, 0.25) is 0 Å². The summed E-state index contributed by atoms with van der Waals surface area (Å²) >= 11 is 0. The van der Waals surface area contributed by atoms with Gasteiger partial charge in [0.1, 0.15) is 28.6 Å². The van der Waals surface area contributed by atoms with Gasteiger partial charge < -0.3 is 20.1 Å². The van der Waals surface area contributed by atoms with E-state index in [2.05, 4.69) is 0 Å². The van der Waals surface area contributed by atoms with Crippen LogP contribution in [-0.2, 0) is 0 Å². The third-order valence-corrected chi connectivity index (χ3v) is 3.28. The molecule has 0 saturated heterocycles. The van der Waals surface area contributed by atoms with Gasteiger partial charge in [-0.05, 0) is 30.7 Å². The van der Waals surface area contributed by atoms with Crippen molar-refractivity contribution in [2.45, 2.75) is 6.92 Å². The van der Waals surface area contributed by atoms with Gasteiger partial charge in [-0.15, -0.1) is 0 Å². The Labute approximate surface area is 127 Å². The molecule has 0 spiro atoms. The van der Waals surface area contributed by atoms with E-state index in [1.165, 1.54) is 38.3 Å². The molecule has 0 aliphatic heterocycles. The molecule has 2 aromatic carbocycles. The van der Waals surface area contributed by atoms with Crippen molar-refractivity contribution in [3.8, 4) is 23.0 Å². The Hall–Kier alpha value is -2.95. The Bertz CT molecular complexity index is 730. The molecule has 114 valence electrons. The lowest BCUT2D eigenvalue weighted by Crippen LogP contribution is -2.01. The van der Waals surface area contributed by atoms with E-state index < -0.39 is 5.78 Å². The zero-order valence-corrected chi connectivity index (χ0v) is 12.2. The number of hydrogen-bond donors (Lipinski definition) is 3. The highest BCUT2D eigenvalue weighted by atomic mass is 16.5. The molecule has 0 fully saturated rings. The van der Waals surface area contributed by atoms with Crippen molar-refractivity contribution in [2.24, 2.45) is 0 Å². The molecule has 0 aliphatic rings. The first-order chi connectivity index (χ1) is 10.4. The van der Waals surface area contributed by atoms with Gasteiger partial charge in [0.25, 0.3) is 0 Å². The number of phenols is 3. The van der Waals surface area contributed by atoms with Crippen molar-refractivity contribution in [1.29, 1.82) is 0 Å². The summed E-state index contributed by atoms with van der Waals surface area (Å²) in [6.07, 6.45) is 2.85. The molecule has 0 atom stereocenters. The van der Waals surface area contributed by atoms with Crippen molar-refractivity contribution in [3.05, 3.63) is 53.1 Å². The minimum absolute atomic E-state index is 0.00664. The summed E-state index contributed by atoms with van der Waals surface area (Å²) in [5.41, 5.74) is 0.926. The van der Waals surface area contributed by atoms with Crippen LogP contribution in [0.25, 0.3) is 6.08 Å². The zero-order chi connectivity index (χ0) is 16.3. The standard InChI is InChI=1S/C17H16O5/c1-10-14(20)9-15(22-2)16(17(10)21)13(19)8-5-11-3-6-12(18)7-4-11/h3-9,18,20-21H,1-2H3/b8-5+. The number of ether oxygens (including phenoxy) is 1. The number of allylic oxidation sites excluding steroid dienone is 1. The van der Waals surface area contributed by atoms with Gasteiger partial charge >= 0.3 is 0 Å². The van der Waals surface area contributed by atoms with Crippen LogP contribution in [0.4, 0.5) is 0 Å². The molecule has 0 aromatic heterocycles. The fourth-order valence-electron chi connectivity index (χ4n) is 1.97. The monoisotopic (exact) mass is 300 g/mol. The van der Waals surface area contributed by atoms with Gasteiger partial charge in [0.05, 0.1) is 7.11 Å². The number of ketones is 1. The van der Waals surface area contributed by atoms with Gasteiger partial charge in [0.15, 0.2) is 5.78 Å². The quantitative estimate of drug-likeness (QED) is 0.597. The van der Waals surface area contributed by atoms with Gasteiger partial charge in [0, 0.05) is 11.6 Å². The minimum Gasteiger partial charge on any atom is -0.508 e. The average molecular weight is 300 g/mol. The van der Waals surface area contributed by atoms with E-state index in [0.29, 0.717) is 0 Å². The second-order valence-corrected chi connectivity index (χ2v) is 4.74. The maximum atomic E-state index is 12.3. The van der Waals surface area contributed by atoms with Crippen molar-refractivity contribution in [1.82, 2.24) is 0 Å². The maximum absolute atomic E-state index is 12.3. The van der Waals surface area contributed by atoms with Crippen molar-refractivity contribution in [3.63, 3.8) is 0 Å². The van der Waals surface area contributed by atoms with Crippen LogP contribution in [0.2, 0.25) is 0 Å². The van der Waals surface area contributed by atoms with Crippen LogP contribution in [0.5, 0.6) is 23.0 Å². The molecule has 0 aliphatic carbocycles. The molecular formula is C17H16O5. The number of carbonyl (C=O) groups excluding carboxylic acids is 1. The lowest BCUT2D eigenvalue weighted by atomic mass is 10.0. The highest BCUT2D eigenvalue weighted by Gasteiger charge is 2.20. The number of rotatable bonds is 4. The smallest absolute Gasteiger partial charge is 0.193 e. The predicted octanol–water partition coefficient (Wildman–Crippen LogP) is 3.02. The SMILES string of the molecule is COc1cc(O)c(C)c(O)c1C(=O)/C=C/c1ccc(O)cc1. The van der Waals surface area contributed by atoms with Gasteiger partial charge in [-0.1, -0.05) is 18.2 Å². The van der Waals surface area contributed by atoms with Crippen LogP contribution in [0, 0.1) is 6.92 Å². The van der Waals surface area contributed by atoms with E-state index in [1.807, 2.05) is 0 Å². The number of phenolic OH excluding ortho intramolecular Hbond substituents is 3. The van der Waals surface area contributed by atoms with Gasteiger partial charge in [-0.3, -0.25) is 4.79 Å². The highest BCUT2D eigenvalue weighted by Crippen LogP contribution is 2.37. The molecule has 0 heterocycles. The second-order valence-electron chi connectivity index (χ2n) is 4.74. The third-order valence-electron chi connectivity index (χ3n) is 3.28. The van der Waals surface area contributed by atoms with E-state index in [1.54, 1.807) is 18.2 Å². The van der Waals surface area contributed by atoms with E-state index in [-0.39, 0.29) is 34.1 Å². The molecule has 0 unspecified atom stereocenters. The van der Waals surface area contributed by atoms with Crippen LogP contribution in [0.15, 0.2) is 36.4 Å². The summed E-state index contributed by atoms with van der Waals surface area (Å²) in [6, 6.07) is 7.60. The summed E-state index contributed by atoms with van der Waals surface area (Å²) in [6.45, 7) is 1.50. The summed E-state index contributed by atoms with van der Waals surface area (Å²) < 4.78 is 5.04. The van der Waals surface area contributed by atoms with Crippen molar-refractivity contribution < 1.29 is 24.9 Å². The Kier molecular flexibility index (Phi) is 4.36. The number of hydrogen-bond acceptors (Lipinski definition) is 5. The fourth-order valence-corrected chi connectivity index (χ4v) is 1.97. The molecule has 0 radical (unpaired) electrons. The minimum atomic E-state index is -0.453. The predicted molar refractivity (Wildman–Crippen MR) is 82.5 cm³/mol. The van der Waals surface area contributed by atoms with Crippen LogP contribution < -0.4 is 4.74 Å². The largest absolute Gasteiger partial charge is 0.508 e. The number of methoxy groups -OCH3 is 1. The molecule has 3 N–H and O–H groups in total. The molecule has 0 saturated carbocycles. The Morgan fingerprint density at radius 2 is 1.77 bits per heavy atom. The van der Waals surface area contributed by atoms with Crippen LogP contribution in [0.3, 0.4) is 0 Å². The lowest BCUT2D eigenvalue weighted by molar-refractivity contribution is 0.104. The Morgan fingerprint density at radius 1 is 1.14 bits per heavy atom. The molecule has 0 amide bonds. The topological polar surface area (TPSA) is 87.0 Å². The van der Waals surface area contributed by atoms with E-state index >= 15 is 0 Å². The molecule has 22 heavy (non-hydrogen) atoms. The first-order valence-electron chi connectivity index (χ1n) is 6.55. The second kappa shape index (κ2) is 6.22. The van der Waals surface area contributed by atoms with E-state index in [4.69, 9.17) is 4.74 Å². The number of aromatic hydroxyl groups is 3. The van der Waals surface area contributed by atoms with Gasteiger partial charge in [-0.25, -0.2) is 0 Å². The van der Waals surface area contributed by atoms with Crippen LogP contribution in [0.1, 0.15) is 21.5 Å². The first-order valence-corrected chi connectivity index (χ1v) is 6.55. The normalized spacial score (nSPS) is 10.8. The van der Waals surface area contributed by atoms with E-state index in [9.17, 15) is 20.1 Å². The maximum Gasteiger partial charge on any atom is 0.193 e. The third kappa shape index (κ3) is 3.03. The number of benzene rings is 2. The van der Waals surface area contributed by atoms with Crippen molar-refractivity contribution >= 4 is 11.9 Å². The van der Waals surface area contributed by atoms with Crippen LogP contribution in [-0.4, -0.2) is 28.2 Å². The number of carbonyl (C=O) groups is 1. The van der Waals surface area contributed by atoms with Crippen molar-refractivity contribution in [2.75, 3.05) is 7.11 Å². The van der Waals surface area contributed by atoms with E-state index in [0.717, 1.165) is 5.56 Å².